The molecule has 1 aromatic rings. The molecule has 3 atom stereocenters. The normalized spacial score (nSPS) is 28.1. The third-order valence-corrected chi connectivity index (χ3v) is 4.41. The van der Waals surface area contributed by atoms with Gasteiger partial charge in [-0.2, -0.15) is 0 Å². The van der Waals surface area contributed by atoms with Gasteiger partial charge in [-0.3, -0.25) is 0 Å². The van der Waals surface area contributed by atoms with Crippen molar-refractivity contribution < 1.29 is 9.47 Å². The molecule has 0 saturated heterocycles. The molecule has 1 aliphatic carbocycles. The maximum absolute atomic E-state index is 6.28. The summed E-state index contributed by atoms with van der Waals surface area (Å²) >= 11 is 6.28. The van der Waals surface area contributed by atoms with Gasteiger partial charge in [-0.25, -0.2) is 0 Å². The van der Waals surface area contributed by atoms with E-state index in [1.807, 2.05) is 6.07 Å². The highest BCUT2D eigenvalue weighted by Crippen LogP contribution is 2.43. The highest BCUT2D eigenvalue weighted by molar-refractivity contribution is 6.21. The molecule has 17 heavy (non-hydrogen) atoms. The second-order valence-electron chi connectivity index (χ2n) is 4.67. The molecule has 2 nitrogen and oxygen atoms in total. The van der Waals surface area contributed by atoms with E-state index in [0.29, 0.717) is 17.2 Å². The van der Waals surface area contributed by atoms with Crippen molar-refractivity contribution in [3.05, 3.63) is 23.8 Å². The van der Waals surface area contributed by atoms with Gasteiger partial charge in [0, 0.05) is 5.38 Å². The first-order valence-electron chi connectivity index (χ1n) is 6.03. The summed E-state index contributed by atoms with van der Waals surface area (Å²) in [5.41, 5.74) is 1.30. The smallest absolute Gasteiger partial charge is 0.160 e. The summed E-state index contributed by atoms with van der Waals surface area (Å²) in [4.78, 5) is 0. The molecule has 0 spiro atoms. The number of alkyl halides is 1. The van der Waals surface area contributed by atoms with Gasteiger partial charge in [0.15, 0.2) is 11.5 Å². The van der Waals surface area contributed by atoms with Gasteiger partial charge in [0.25, 0.3) is 0 Å². The zero-order valence-electron chi connectivity index (χ0n) is 10.6. The van der Waals surface area contributed by atoms with Crippen LogP contribution in [-0.2, 0) is 0 Å². The topological polar surface area (TPSA) is 18.5 Å². The molecular formula is C14H19ClO2. The second kappa shape index (κ2) is 5.18. The molecule has 0 aliphatic heterocycles. The van der Waals surface area contributed by atoms with E-state index in [0.717, 1.165) is 24.3 Å². The molecule has 1 aliphatic rings. The van der Waals surface area contributed by atoms with E-state index in [1.165, 1.54) is 5.56 Å². The lowest BCUT2D eigenvalue weighted by atomic mass is 9.90. The maximum atomic E-state index is 6.28. The zero-order valence-corrected chi connectivity index (χ0v) is 11.3. The number of rotatable bonds is 3. The molecule has 0 aromatic heterocycles. The highest BCUT2D eigenvalue weighted by Gasteiger charge is 2.32. The van der Waals surface area contributed by atoms with Gasteiger partial charge in [0.2, 0.25) is 0 Å². The lowest BCUT2D eigenvalue weighted by Crippen LogP contribution is -2.09. The fourth-order valence-corrected chi connectivity index (χ4v) is 2.97. The van der Waals surface area contributed by atoms with E-state index in [4.69, 9.17) is 21.1 Å². The van der Waals surface area contributed by atoms with E-state index < -0.39 is 0 Å². The average Bonchev–Trinajstić information content (AvgIpc) is 2.69. The van der Waals surface area contributed by atoms with Crippen LogP contribution in [0.5, 0.6) is 11.5 Å². The first kappa shape index (κ1) is 12.6. The Bertz CT molecular complexity index is 392. The van der Waals surface area contributed by atoms with Gasteiger partial charge >= 0.3 is 0 Å². The van der Waals surface area contributed by atoms with Crippen LogP contribution in [0.4, 0.5) is 0 Å². The molecule has 2 rings (SSSR count). The van der Waals surface area contributed by atoms with Gasteiger partial charge in [-0.15, -0.1) is 11.6 Å². The van der Waals surface area contributed by atoms with Crippen molar-refractivity contribution in [1.82, 2.24) is 0 Å². The quantitative estimate of drug-likeness (QED) is 0.764. The summed E-state index contributed by atoms with van der Waals surface area (Å²) in [5, 5.41) is 0.299. The van der Waals surface area contributed by atoms with E-state index >= 15 is 0 Å². The Kier molecular flexibility index (Phi) is 3.82. The lowest BCUT2D eigenvalue weighted by molar-refractivity contribution is 0.354. The van der Waals surface area contributed by atoms with Crippen LogP contribution in [0.2, 0.25) is 0 Å². The first-order chi connectivity index (χ1) is 8.17. The average molecular weight is 255 g/mol. The Morgan fingerprint density at radius 2 is 1.82 bits per heavy atom. The third kappa shape index (κ3) is 2.37. The molecule has 3 unspecified atom stereocenters. The van der Waals surface area contributed by atoms with Crippen molar-refractivity contribution in [1.29, 1.82) is 0 Å². The van der Waals surface area contributed by atoms with Gasteiger partial charge in [0.05, 0.1) is 14.2 Å². The van der Waals surface area contributed by atoms with Crippen molar-refractivity contribution in [2.45, 2.75) is 31.1 Å². The molecule has 0 radical (unpaired) electrons. The van der Waals surface area contributed by atoms with Crippen LogP contribution in [0.1, 0.15) is 31.2 Å². The monoisotopic (exact) mass is 254 g/mol. The molecule has 1 aromatic carbocycles. The molecule has 0 bridgehead atoms. The number of halogens is 1. The van der Waals surface area contributed by atoms with Crippen molar-refractivity contribution in [2.75, 3.05) is 14.2 Å². The largest absolute Gasteiger partial charge is 0.493 e. The molecule has 3 heteroatoms. The van der Waals surface area contributed by atoms with E-state index in [-0.39, 0.29) is 0 Å². The molecule has 0 amide bonds. The second-order valence-corrected chi connectivity index (χ2v) is 5.23. The van der Waals surface area contributed by atoms with Crippen molar-refractivity contribution in [3.8, 4) is 11.5 Å². The van der Waals surface area contributed by atoms with Crippen molar-refractivity contribution >= 4 is 11.6 Å². The number of ether oxygens (including phenoxy) is 2. The predicted octanol–water partition coefficient (Wildman–Crippen LogP) is 3.82. The van der Waals surface area contributed by atoms with E-state index in [2.05, 4.69) is 19.1 Å². The summed E-state index contributed by atoms with van der Waals surface area (Å²) in [6.07, 6.45) is 2.26. The van der Waals surface area contributed by atoms with Gasteiger partial charge in [-0.1, -0.05) is 13.0 Å². The number of hydrogen-bond acceptors (Lipinski definition) is 2. The van der Waals surface area contributed by atoms with Crippen LogP contribution >= 0.6 is 11.6 Å². The summed E-state index contributed by atoms with van der Waals surface area (Å²) in [6, 6.07) is 6.18. The fraction of sp³-hybridized carbons (Fsp3) is 0.571. The number of methoxy groups -OCH3 is 2. The minimum absolute atomic E-state index is 0.299. The Labute approximate surface area is 108 Å². The molecule has 1 saturated carbocycles. The Hall–Kier alpha value is -0.890. The van der Waals surface area contributed by atoms with Crippen molar-refractivity contribution in [3.63, 3.8) is 0 Å². The van der Waals surface area contributed by atoms with Crippen LogP contribution in [-0.4, -0.2) is 19.6 Å². The van der Waals surface area contributed by atoms with Gasteiger partial charge in [0.1, 0.15) is 0 Å². The van der Waals surface area contributed by atoms with Crippen LogP contribution in [0.25, 0.3) is 0 Å². The molecule has 1 fully saturated rings. The zero-order chi connectivity index (χ0) is 12.4. The number of benzene rings is 1. The summed E-state index contributed by atoms with van der Waals surface area (Å²) in [5.74, 6) is 2.65. The van der Waals surface area contributed by atoms with Crippen LogP contribution in [0.15, 0.2) is 18.2 Å². The Balaban J connectivity index is 2.27. The maximum Gasteiger partial charge on any atom is 0.160 e. The number of hydrogen-bond donors (Lipinski definition) is 0. The molecular weight excluding hydrogens is 236 g/mol. The third-order valence-electron chi connectivity index (χ3n) is 3.79. The van der Waals surface area contributed by atoms with Crippen LogP contribution in [0.3, 0.4) is 0 Å². The van der Waals surface area contributed by atoms with Crippen LogP contribution in [0, 0.1) is 5.92 Å². The Morgan fingerprint density at radius 1 is 1.12 bits per heavy atom. The molecule has 94 valence electrons. The molecule has 0 heterocycles. The van der Waals surface area contributed by atoms with E-state index in [1.54, 1.807) is 14.2 Å². The van der Waals surface area contributed by atoms with Gasteiger partial charge < -0.3 is 9.47 Å². The van der Waals surface area contributed by atoms with Crippen molar-refractivity contribution in [2.24, 2.45) is 5.92 Å². The summed E-state index contributed by atoms with van der Waals surface area (Å²) in [6.45, 7) is 2.23. The van der Waals surface area contributed by atoms with E-state index in [9.17, 15) is 0 Å². The summed E-state index contributed by atoms with van der Waals surface area (Å²) in [7, 11) is 3.33. The summed E-state index contributed by atoms with van der Waals surface area (Å²) < 4.78 is 10.6. The minimum atomic E-state index is 0.299. The predicted molar refractivity (Wildman–Crippen MR) is 70.3 cm³/mol. The standard InChI is InChI=1S/C14H19ClO2/c1-9-11(5-6-12(9)15)10-4-7-13(16-2)14(8-10)17-3/h4,7-9,11-12H,5-6H2,1-3H3. The fourth-order valence-electron chi connectivity index (χ4n) is 2.67. The van der Waals surface area contributed by atoms with Crippen LogP contribution < -0.4 is 9.47 Å². The first-order valence-corrected chi connectivity index (χ1v) is 6.47. The SMILES string of the molecule is COc1ccc(C2CCC(Cl)C2C)cc1OC. The Morgan fingerprint density at radius 3 is 2.35 bits per heavy atom. The molecule has 0 N–H and O–H groups in total. The minimum Gasteiger partial charge on any atom is -0.493 e. The highest BCUT2D eigenvalue weighted by atomic mass is 35.5. The van der Waals surface area contributed by atoms with Gasteiger partial charge in [-0.05, 0) is 42.4 Å². The lowest BCUT2D eigenvalue weighted by Gasteiger charge is -2.19.